The molecule has 1 aliphatic rings. The topological polar surface area (TPSA) is 98.8 Å². The number of nitrogens with zero attached hydrogens (tertiary/aromatic N) is 2. The number of carbonyl (C=O) groups is 2. The predicted molar refractivity (Wildman–Crippen MR) is 122 cm³/mol. The lowest BCUT2D eigenvalue weighted by atomic mass is 10.0. The molecule has 0 aliphatic carbocycles. The number of rotatable bonds is 6. The van der Waals surface area contributed by atoms with Crippen LogP contribution in [0.4, 0.5) is 17.1 Å². The Morgan fingerprint density at radius 3 is 2.39 bits per heavy atom. The van der Waals surface area contributed by atoms with Gasteiger partial charge in [0.1, 0.15) is 6.04 Å². The second-order valence-corrected chi connectivity index (χ2v) is 9.92. The maximum Gasteiger partial charge on any atom is 0.250 e. The fraction of sp³-hybridized carbons (Fsp3) is 0.364. The lowest BCUT2D eigenvalue weighted by Gasteiger charge is -2.35. The summed E-state index contributed by atoms with van der Waals surface area (Å²) in [6, 6.07) is 9.56. The maximum atomic E-state index is 13.0. The molecular formula is C22H28N4O4S. The van der Waals surface area contributed by atoms with Crippen molar-refractivity contribution < 1.29 is 18.0 Å². The van der Waals surface area contributed by atoms with Gasteiger partial charge in [0.25, 0.3) is 0 Å². The van der Waals surface area contributed by atoms with Crippen molar-refractivity contribution in [2.75, 3.05) is 36.2 Å². The Morgan fingerprint density at radius 2 is 1.81 bits per heavy atom. The smallest absolute Gasteiger partial charge is 0.250 e. The van der Waals surface area contributed by atoms with Gasteiger partial charge in [-0.05, 0) is 50.1 Å². The van der Waals surface area contributed by atoms with E-state index in [0.717, 1.165) is 21.1 Å². The van der Waals surface area contributed by atoms with Crippen LogP contribution in [-0.2, 0) is 19.6 Å². The fourth-order valence-corrected chi connectivity index (χ4v) is 4.57. The number of hydrogen-bond acceptors (Lipinski definition) is 5. The molecule has 9 heteroatoms. The van der Waals surface area contributed by atoms with Crippen LogP contribution in [0.5, 0.6) is 0 Å². The highest BCUT2D eigenvalue weighted by molar-refractivity contribution is 7.89. The van der Waals surface area contributed by atoms with Crippen molar-refractivity contribution in [3.05, 3.63) is 47.5 Å². The average molecular weight is 445 g/mol. The molecular weight excluding hydrogens is 416 g/mol. The van der Waals surface area contributed by atoms with E-state index in [1.165, 1.54) is 26.2 Å². The van der Waals surface area contributed by atoms with E-state index in [1.807, 2.05) is 39.0 Å². The van der Waals surface area contributed by atoms with Crippen molar-refractivity contribution in [3.63, 3.8) is 0 Å². The monoisotopic (exact) mass is 444 g/mol. The lowest BCUT2D eigenvalue weighted by Crippen LogP contribution is -2.48. The molecule has 0 unspecified atom stereocenters. The van der Waals surface area contributed by atoms with E-state index < -0.39 is 16.1 Å². The van der Waals surface area contributed by atoms with Gasteiger partial charge in [0.15, 0.2) is 0 Å². The molecule has 0 saturated heterocycles. The summed E-state index contributed by atoms with van der Waals surface area (Å²) in [6.07, 6.45) is -0.0762. The average Bonchev–Trinajstić information content (AvgIpc) is 2.71. The highest BCUT2D eigenvalue weighted by Crippen LogP contribution is 2.35. The number of benzene rings is 2. The summed E-state index contributed by atoms with van der Waals surface area (Å²) in [4.78, 5) is 27.4. The maximum absolute atomic E-state index is 13.0. The van der Waals surface area contributed by atoms with Gasteiger partial charge in [0.05, 0.1) is 22.7 Å². The zero-order valence-corrected chi connectivity index (χ0v) is 19.2. The number of anilines is 3. The molecule has 1 aliphatic heterocycles. The molecule has 0 fully saturated rings. The molecule has 1 heterocycles. The van der Waals surface area contributed by atoms with Gasteiger partial charge < -0.3 is 15.5 Å². The summed E-state index contributed by atoms with van der Waals surface area (Å²) in [5, 5.41) is 5.97. The van der Waals surface area contributed by atoms with Crippen molar-refractivity contribution in [1.29, 1.82) is 0 Å². The van der Waals surface area contributed by atoms with Gasteiger partial charge in [-0.1, -0.05) is 18.2 Å². The van der Waals surface area contributed by atoms with Crippen LogP contribution in [-0.4, -0.2) is 51.2 Å². The molecule has 2 amide bonds. The van der Waals surface area contributed by atoms with Crippen molar-refractivity contribution >= 4 is 38.9 Å². The fourth-order valence-electron chi connectivity index (χ4n) is 3.65. The Kier molecular flexibility index (Phi) is 6.38. The molecule has 8 nitrogen and oxygen atoms in total. The first-order chi connectivity index (χ1) is 14.6. The number of fused-ring (bicyclic) bond motifs is 1. The molecule has 166 valence electrons. The molecule has 2 N–H and O–H groups in total. The lowest BCUT2D eigenvalue weighted by molar-refractivity contribution is -0.123. The Morgan fingerprint density at radius 1 is 1.16 bits per heavy atom. The number of likely N-dealkylation sites (N-methyl/N-ethyl adjacent to an activating group) is 1. The van der Waals surface area contributed by atoms with Crippen LogP contribution in [0.25, 0.3) is 0 Å². The summed E-state index contributed by atoms with van der Waals surface area (Å²) < 4.78 is 26.2. The minimum atomic E-state index is -3.63. The summed E-state index contributed by atoms with van der Waals surface area (Å²) in [6.45, 7) is 6.07. The van der Waals surface area contributed by atoms with E-state index >= 15 is 0 Å². The highest BCUT2D eigenvalue weighted by atomic mass is 32.2. The first-order valence-electron chi connectivity index (χ1n) is 10.1. The van der Waals surface area contributed by atoms with Crippen LogP contribution in [0.15, 0.2) is 41.3 Å². The van der Waals surface area contributed by atoms with Crippen molar-refractivity contribution in [1.82, 2.24) is 4.31 Å². The number of para-hydroxylation sites is 1. The summed E-state index contributed by atoms with van der Waals surface area (Å²) in [5.41, 5.74) is 3.72. The summed E-state index contributed by atoms with van der Waals surface area (Å²) in [7, 11) is -0.702. The Bertz CT molecular complexity index is 1110. The van der Waals surface area contributed by atoms with Crippen LogP contribution in [0.2, 0.25) is 0 Å². The Labute approximate surface area is 183 Å². The normalized spacial score (nSPS) is 16.1. The van der Waals surface area contributed by atoms with Gasteiger partial charge in [-0.2, -0.15) is 0 Å². The van der Waals surface area contributed by atoms with Gasteiger partial charge in [-0.3, -0.25) is 9.59 Å². The molecule has 3 rings (SSSR count). The second kappa shape index (κ2) is 8.68. The molecule has 2 aromatic rings. The van der Waals surface area contributed by atoms with Gasteiger partial charge in [-0.15, -0.1) is 0 Å². The minimum absolute atomic E-state index is 0.0762. The van der Waals surface area contributed by atoms with Crippen LogP contribution in [0.1, 0.15) is 24.5 Å². The minimum Gasteiger partial charge on any atom is -0.372 e. The van der Waals surface area contributed by atoms with Crippen molar-refractivity contribution in [3.8, 4) is 0 Å². The quantitative estimate of drug-likeness (QED) is 0.714. The summed E-state index contributed by atoms with van der Waals surface area (Å²) >= 11 is 0. The van der Waals surface area contributed by atoms with Gasteiger partial charge in [0, 0.05) is 26.3 Å². The Balaban J connectivity index is 1.87. The SMILES string of the molecule is CCN1C(=O)[C@H](CC(=O)Nc2c(C)cccc2C)Nc2cc(S(=O)(=O)N(C)C)ccc21. The third kappa shape index (κ3) is 4.42. The number of sulfonamides is 1. The Hall–Kier alpha value is -2.91. The number of hydrogen-bond donors (Lipinski definition) is 2. The molecule has 0 radical (unpaired) electrons. The summed E-state index contributed by atoms with van der Waals surface area (Å²) in [5.74, 6) is -0.519. The second-order valence-electron chi connectivity index (χ2n) is 7.76. The van der Waals surface area contributed by atoms with Crippen LogP contribution in [0.3, 0.4) is 0 Å². The molecule has 0 spiro atoms. The first kappa shape index (κ1) is 22.8. The number of carbonyl (C=O) groups excluding carboxylic acids is 2. The van der Waals surface area contributed by atoms with E-state index in [1.54, 1.807) is 11.0 Å². The standard InChI is InChI=1S/C22H28N4O4S/c1-6-26-19-11-10-16(31(29,30)25(4)5)12-17(19)23-18(22(26)28)13-20(27)24-21-14(2)8-7-9-15(21)3/h7-12,18,23H,6,13H2,1-5H3,(H,24,27)/t18-/m0/s1. The molecule has 0 bridgehead atoms. The van der Waals surface area contributed by atoms with Gasteiger partial charge in [0.2, 0.25) is 21.8 Å². The van der Waals surface area contributed by atoms with E-state index in [-0.39, 0.29) is 23.1 Å². The first-order valence-corrected chi connectivity index (χ1v) is 11.5. The van der Waals surface area contributed by atoms with E-state index in [0.29, 0.717) is 17.9 Å². The van der Waals surface area contributed by atoms with Crippen molar-refractivity contribution in [2.45, 2.75) is 38.1 Å². The highest BCUT2D eigenvalue weighted by Gasteiger charge is 2.34. The van der Waals surface area contributed by atoms with E-state index in [2.05, 4.69) is 10.6 Å². The van der Waals surface area contributed by atoms with E-state index in [4.69, 9.17) is 0 Å². The number of nitrogens with one attached hydrogen (secondary N) is 2. The third-order valence-electron chi connectivity index (χ3n) is 5.38. The number of amides is 2. The molecule has 2 aromatic carbocycles. The zero-order valence-electron chi connectivity index (χ0n) is 18.4. The van der Waals surface area contributed by atoms with Crippen LogP contribution >= 0.6 is 0 Å². The van der Waals surface area contributed by atoms with Crippen molar-refractivity contribution in [2.24, 2.45) is 0 Å². The third-order valence-corrected chi connectivity index (χ3v) is 7.19. The van der Waals surface area contributed by atoms with Crippen LogP contribution in [0, 0.1) is 13.8 Å². The van der Waals surface area contributed by atoms with Gasteiger partial charge in [-0.25, -0.2) is 12.7 Å². The van der Waals surface area contributed by atoms with Gasteiger partial charge >= 0.3 is 0 Å². The van der Waals surface area contributed by atoms with E-state index in [9.17, 15) is 18.0 Å². The molecule has 0 saturated carbocycles. The van der Waals surface area contributed by atoms with Crippen LogP contribution < -0.4 is 15.5 Å². The number of aryl methyl sites for hydroxylation is 2. The largest absolute Gasteiger partial charge is 0.372 e. The molecule has 1 atom stereocenters. The molecule has 0 aromatic heterocycles. The molecule has 31 heavy (non-hydrogen) atoms. The predicted octanol–water partition coefficient (Wildman–Crippen LogP) is 2.73. The zero-order chi connectivity index (χ0) is 22.9.